The van der Waals surface area contributed by atoms with Gasteiger partial charge in [0.2, 0.25) is 15.8 Å². The second-order valence-electron chi connectivity index (χ2n) is 6.10. The van der Waals surface area contributed by atoms with Gasteiger partial charge in [-0.25, -0.2) is 18.2 Å². The van der Waals surface area contributed by atoms with Crippen molar-refractivity contribution in [3.63, 3.8) is 0 Å². The van der Waals surface area contributed by atoms with Crippen molar-refractivity contribution in [1.82, 2.24) is 30.0 Å². The Morgan fingerprint density at radius 3 is 2.54 bits per heavy atom. The minimum atomic E-state index is -3.56. The van der Waals surface area contributed by atoms with Crippen molar-refractivity contribution >= 4 is 15.9 Å². The number of sulfonamides is 1. The largest absolute Gasteiger partial charge is 0.288 e. The molecule has 2 aromatic carbocycles. The summed E-state index contributed by atoms with van der Waals surface area (Å²) in [6.07, 6.45) is 0. The molecular formula is C17H18N6O4S. The molecule has 0 saturated heterocycles. The number of nitrogens with one attached hydrogen (secondary N) is 1. The molecule has 0 aliphatic carbocycles. The van der Waals surface area contributed by atoms with Gasteiger partial charge in [0.25, 0.3) is 5.91 Å². The molecule has 0 spiro atoms. The summed E-state index contributed by atoms with van der Waals surface area (Å²) in [6.45, 7) is 0.309. The zero-order valence-electron chi connectivity index (χ0n) is 15.1. The fraction of sp³-hybridized carbons (Fsp3) is 0.176. The van der Waals surface area contributed by atoms with Gasteiger partial charge in [-0.1, -0.05) is 24.3 Å². The van der Waals surface area contributed by atoms with Crippen LogP contribution in [0.3, 0.4) is 0 Å². The third-order valence-corrected chi connectivity index (χ3v) is 5.78. The Kier molecular flexibility index (Phi) is 5.49. The lowest BCUT2D eigenvalue weighted by atomic mass is 10.1. The molecule has 0 aliphatic heterocycles. The smallest absolute Gasteiger partial charge is 0.274 e. The number of amides is 1. The Labute approximate surface area is 161 Å². The first kappa shape index (κ1) is 19.6. The van der Waals surface area contributed by atoms with Gasteiger partial charge < -0.3 is 0 Å². The minimum absolute atomic E-state index is 0.143. The second kappa shape index (κ2) is 7.84. The first-order valence-corrected chi connectivity index (χ1v) is 9.59. The van der Waals surface area contributed by atoms with Gasteiger partial charge in [0.1, 0.15) is 0 Å². The Bertz CT molecular complexity index is 1090. The number of hydrogen-bond donors (Lipinski definition) is 2. The van der Waals surface area contributed by atoms with Crippen LogP contribution in [0.2, 0.25) is 0 Å². The summed E-state index contributed by atoms with van der Waals surface area (Å²) < 4.78 is 25.7. The van der Waals surface area contributed by atoms with Gasteiger partial charge in [-0.05, 0) is 35.0 Å². The van der Waals surface area contributed by atoms with Crippen LogP contribution in [0.25, 0.3) is 11.4 Å². The number of aromatic nitrogens is 4. The Balaban J connectivity index is 1.80. The number of benzene rings is 2. The molecule has 0 unspecified atom stereocenters. The van der Waals surface area contributed by atoms with Crippen molar-refractivity contribution in [3.8, 4) is 11.4 Å². The van der Waals surface area contributed by atoms with Crippen LogP contribution in [0.15, 0.2) is 53.4 Å². The van der Waals surface area contributed by atoms with Gasteiger partial charge in [-0.15, -0.1) is 10.2 Å². The lowest BCUT2D eigenvalue weighted by molar-refractivity contribution is 0.0706. The molecule has 1 aromatic heterocycles. The zero-order valence-corrected chi connectivity index (χ0v) is 16.0. The quantitative estimate of drug-likeness (QED) is 0.460. The summed E-state index contributed by atoms with van der Waals surface area (Å²) in [5, 5.41) is 20.9. The molecule has 11 heteroatoms. The predicted octanol–water partition coefficient (Wildman–Crippen LogP) is 0.758. The topological polar surface area (TPSA) is 130 Å². The highest BCUT2D eigenvalue weighted by molar-refractivity contribution is 7.89. The number of hydroxylamine groups is 1. The molecule has 0 saturated carbocycles. The monoisotopic (exact) mass is 402 g/mol. The van der Waals surface area contributed by atoms with Gasteiger partial charge in [0.15, 0.2) is 0 Å². The molecule has 10 nitrogen and oxygen atoms in total. The summed E-state index contributed by atoms with van der Waals surface area (Å²) in [5.41, 5.74) is 3.24. The third-order valence-electron chi connectivity index (χ3n) is 3.97. The van der Waals surface area contributed by atoms with Gasteiger partial charge >= 0.3 is 0 Å². The van der Waals surface area contributed by atoms with E-state index in [-0.39, 0.29) is 4.90 Å². The van der Waals surface area contributed by atoms with Crippen LogP contribution < -0.4 is 5.48 Å². The molecule has 1 amide bonds. The molecule has 0 atom stereocenters. The minimum Gasteiger partial charge on any atom is -0.288 e. The van der Waals surface area contributed by atoms with E-state index in [0.717, 1.165) is 9.87 Å². The molecular weight excluding hydrogens is 384 g/mol. The predicted molar refractivity (Wildman–Crippen MR) is 98.9 cm³/mol. The van der Waals surface area contributed by atoms with E-state index in [0.29, 0.717) is 23.5 Å². The van der Waals surface area contributed by atoms with Crippen LogP contribution in [-0.4, -0.2) is 58.1 Å². The molecule has 28 heavy (non-hydrogen) atoms. The van der Waals surface area contributed by atoms with Gasteiger partial charge in [0, 0.05) is 25.2 Å². The molecule has 0 fully saturated rings. The van der Waals surface area contributed by atoms with Gasteiger partial charge in [-0.3, -0.25) is 10.0 Å². The van der Waals surface area contributed by atoms with Gasteiger partial charge in [-0.2, -0.15) is 4.80 Å². The fourth-order valence-corrected chi connectivity index (χ4v) is 3.37. The first-order valence-electron chi connectivity index (χ1n) is 8.15. The summed E-state index contributed by atoms with van der Waals surface area (Å²) >= 11 is 0. The highest BCUT2D eigenvalue weighted by Crippen LogP contribution is 2.20. The van der Waals surface area contributed by atoms with E-state index in [2.05, 4.69) is 15.4 Å². The number of carbonyl (C=O) groups is 1. The third kappa shape index (κ3) is 4.06. The maximum absolute atomic E-state index is 12.3. The van der Waals surface area contributed by atoms with E-state index in [1.165, 1.54) is 31.0 Å². The Hall–Kier alpha value is -3.15. The highest BCUT2D eigenvalue weighted by Gasteiger charge is 2.18. The standard InChI is InChI=1S/C17H18N6O4S/c1-22(2)28(26,27)15-5-3-4-14(10-15)16-18-21-23(19-16)11-12-6-8-13(9-7-12)17(24)20-25/h3-10,25H,11H2,1-2H3,(H,20,24). The first-order chi connectivity index (χ1) is 13.3. The number of hydrogen-bond acceptors (Lipinski definition) is 7. The van der Waals surface area contributed by atoms with E-state index in [4.69, 9.17) is 5.21 Å². The second-order valence-corrected chi connectivity index (χ2v) is 8.25. The normalized spacial score (nSPS) is 11.6. The molecule has 0 aliphatic rings. The molecule has 0 radical (unpaired) electrons. The summed E-state index contributed by atoms with van der Waals surface area (Å²) in [4.78, 5) is 12.8. The lowest BCUT2D eigenvalue weighted by Gasteiger charge is -2.11. The maximum atomic E-state index is 12.3. The van der Waals surface area contributed by atoms with E-state index in [1.54, 1.807) is 41.9 Å². The molecule has 0 bridgehead atoms. The number of carbonyl (C=O) groups excluding carboxylic acids is 1. The van der Waals surface area contributed by atoms with Crippen LogP contribution in [-0.2, 0) is 16.6 Å². The molecule has 146 valence electrons. The van der Waals surface area contributed by atoms with Crippen LogP contribution in [0.1, 0.15) is 15.9 Å². The van der Waals surface area contributed by atoms with Crippen molar-refractivity contribution in [2.75, 3.05) is 14.1 Å². The van der Waals surface area contributed by atoms with Crippen LogP contribution in [0.5, 0.6) is 0 Å². The molecule has 3 rings (SSSR count). The summed E-state index contributed by atoms with van der Waals surface area (Å²) in [5.74, 6) is -0.299. The van der Waals surface area contributed by atoms with Crippen molar-refractivity contribution < 1.29 is 18.4 Å². The molecule has 3 aromatic rings. The van der Waals surface area contributed by atoms with E-state index < -0.39 is 15.9 Å². The summed E-state index contributed by atoms with van der Waals surface area (Å²) in [6, 6.07) is 12.9. The zero-order chi connectivity index (χ0) is 20.3. The Morgan fingerprint density at radius 1 is 1.18 bits per heavy atom. The van der Waals surface area contributed by atoms with Crippen LogP contribution in [0, 0.1) is 0 Å². The van der Waals surface area contributed by atoms with Crippen molar-refractivity contribution in [1.29, 1.82) is 0 Å². The van der Waals surface area contributed by atoms with Gasteiger partial charge in [0.05, 0.1) is 11.4 Å². The highest BCUT2D eigenvalue weighted by atomic mass is 32.2. The molecule has 2 N–H and O–H groups in total. The Morgan fingerprint density at radius 2 is 1.89 bits per heavy atom. The van der Waals surface area contributed by atoms with E-state index >= 15 is 0 Å². The summed E-state index contributed by atoms with van der Waals surface area (Å²) in [7, 11) is -0.634. The maximum Gasteiger partial charge on any atom is 0.274 e. The van der Waals surface area contributed by atoms with E-state index in [1.807, 2.05) is 0 Å². The fourth-order valence-electron chi connectivity index (χ4n) is 2.42. The number of rotatable bonds is 6. The van der Waals surface area contributed by atoms with E-state index in [9.17, 15) is 13.2 Å². The van der Waals surface area contributed by atoms with Crippen molar-refractivity contribution in [2.24, 2.45) is 0 Å². The SMILES string of the molecule is CN(C)S(=O)(=O)c1cccc(-c2nnn(Cc3ccc(C(=O)NO)cc3)n2)c1. The van der Waals surface area contributed by atoms with Crippen LogP contribution in [0.4, 0.5) is 0 Å². The average molecular weight is 402 g/mol. The van der Waals surface area contributed by atoms with Crippen LogP contribution >= 0.6 is 0 Å². The molecule has 1 heterocycles. The number of tetrazole rings is 1. The lowest BCUT2D eigenvalue weighted by Crippen LogP contribution is -2.22. The number of nitrogens with zero attached hydrogens (tertiary/aromatic N) is 5. The average Bonchev–Trinajstić information content (AvgIpc) is 3.16. The van der Waals surface area contributed by atoms with Crippen molar-refractivity contribution in [2.45, 2.75) is 11.4 Å². The van der Waals surface area contributed by atoms with Crippen molar-refractivity contribution in [3.05, 3.63) is 59.7 Å².